The summed E-state index contributed by atoms with van der Waals surface area (Å²) in [7, 11) is 1.84. The average molecular weight is 223 g/mol. The van der Waals surface area contributed by atoms with E-state index < -0.39 is 5.97 Å². The Hall–Kier alpha value is -1.82. The van der Waals surface area contributed by atoms with Crippen LogP contribution in [0.5, 0.6) is 0 Å². The molecule has 0 aliphatic carbocycles. The van der Waals surface area contributed by atoms with E-state index in [-0.39, 0.29) is 5.56 Å². The zero-order valence-electron chi connectivity index (χ0n) is 7.97. The minimum Gasteiger partial charge on any atom is -0.478 e. The van der Waals surface area contributed by atoms with Crippen LogP contribution < -0.4 is 10.6 Å². The Labute approximate surface area is 89.1 Å². The van der Waals surface area contributed by atoms with Gasteiger partial charge in [0, 0.05) is 7.05 Å². The molecule has 3 N–H and O–H groups in total. The maximum absolute atomic E-state index is 10.8. The standard InChI is InChI=1S/C9H9N3O2S/c1-12-6-3-2-5(8(13)14)4-7(6)15-9(12)11-10/h2-4H,10H2,1H3,(H,13,14). The van der Waals surface area contributed by atoms with Crippen LogP contribution in [-0.2, 0) is 7.05 Å². The lowest BCUT2D eigenvalue weighted by molar-refractivity contribution is 0.0697. The van der Waals surface area contributed by atoms with E-state index in [1.54, 1.807) is 18.2 Å². The predicted octanol–water partition coefficient (Wildman–Crippen LogP) is 0.712. The molecule has 5 nitrogen and oxygen atoms in total. The van der Waals surface area contributed by atoms with E-state index in [0.717, 1.165) is 10.2 Å². The fourth-order valence-electron chi connectivity index (χ4n) is 1.39. The molecule has 0 amide bonds. The van der Waals surface area contributed by atoms with Crippen molar-refractivity contribution in [3.8, 4) is 0 Å². The van der Waals surface area contributed by atoms with Gasteiger partial charge in [-0.1, -0.05) is 11.3 Å². The van der Waals surface area contributed by atoms with Gasteiger partial charge in [0.1, 0.15) is 0 Å². The van der Waals surface area contributed by atoms with Crippen molar-refractivity contribution in [1.82, 2.24) is 4.57 Å². The molecule has 0 spiro atoms. The van der Waals surface area contributed by atoms with E-state index in [4.69, 9.17) is 10.9 Å². The molecular weight excluding hydrogens is 214 g/mol. The van der Waals surface area contributed by atoms with E-state index in [0.29, 0.717) is 4.80 Å². The van der Waals surface area contributed by atoms with Gasteiger partial charge in [-0.2, -0.15) is 5.10 Å². The minimum absolute atomic E-state index is 0.271. The molecule has 78 valence electrons. The smallest absolute Gasteiger partial charge is 0.335 e. The van der Waals surface area contributed by atoms with E-state index in [9.17, 15) is 4.79 Å². The maximum atomic E-state index is 10.8. The lowest BCUT2D eigenvalue weighted by Gasteiger charge is -1.96. The Kier molecular flexibility index (Phi) is 2.20. The summed E-state index contributed by atoms with van der Waals surface area (Å²) in [4.78, 5) is 11.4. The van der Waals surface area contributed by atoms with E-state index in [1.165, 1.54) is 11.3 Å². The number of carboxylic acids is 1. The molecule has 0 unspecified atom stereocenters. The predicted molar refractivity (Wildman–Crippen MR) is 57.5 cm³/mol. The van der Waals surface area contributed by atoms with Crippen LogP contribution in [0.15, 0.2) is 23.3 Å². The van der Waals surface area contributed by atoms with Crippen LogP contribution in [0, 0.1) is 0 Å². The van der Waals surface area contributed by atoms with Crippen molar-refractivity contribution in [2.45, 2.75) is 0 Å². The summed E-state index contributed by atoms with van der Waals surface area (Å²) >= 11 is 1.36. The Morgan fingerprint density at radius 1 is 1.60 bits per heavy atom. The number of aromatic carboxylic acids is 1. The molecule has 6 heteroatoms. The molecule has 2 rings (SSSR count). The number of nitrogens with two attached hydrogens (primary N) is 1. The molecule has 0 saturated carbocycles. The molecule has 0 saturated heterocycles. The van der Waals surface area contributed by atoms with Crippen molar-refractivity contribution in [2.24, 2.45) is 18.0 Å². The Bertz CT molecular complexity index is 597. The van der Waals surface area contributed by atoms with Crippen LogP contribution in [-0.4, -0.2) is 15.6 Å². The zero-order valence-corrected chi connectivity index (χ0v) is 8.78. The number of fused-ring (bicyclic) bond motifs is 1. The van der Waals surface area contributed by atoms with E-state index >= 15 is 0 Å². The quantitative estimate of drug-likeness (QED) is 0.552. The summed E-state index contributed by atoms with van der Waals surface area (Å²) < 4.78 is 2.69. The van der Waals surface area contributed by atoms with Crippen molar-refractivity contribution >= 4 is 27.5 Å². The third kappa shape index (κ3) is 1.48. The number of carbonyl (C=O) groups is 1. The van der Waals surface area contributed by atoms with Gasteiger partial charge in [-0.3, -0.25) is 0 Å². The monoisotopic (exact) mass is 223 g/mol. The third-order valence-corrected chi connectivity index (χ3v) is 3.28. The highest BCUT2D eigenvalue weighted by Gasteiger charge is 2.07. The molecule has 1 heterocycles. The van der Waals surface area contributed by atoms with E-state index in [1.807, 2.05) is 11.6 Å². The summed E-state index contributed by atoms with van der Waals surface area (Å²) in [5.41, 5.74) is 1.20. The summed E-state index contributed by atoms with van der Waals surface area (Å²) in [6.07, 6.45) is 0. The van der Waals surface area contributed by atoms with E-state index in [2.05, 4.69) is 5.10 Å². The first-order chi connectivity index (χ1) is 7.13. The number of carboxylic acid groups (broad SMARTS) is 1. The number of thiazole rings is 1. The van der Waals surface area contributed by atoms with Crippen LogP contribution in [0.3, 0.4) is 0 Å². The summed E-state index contributed by atoms with van der Waals surface area (Å²) in [5.74, 6) is 4.28. The number of hydrogen-bond acceptors (Lipinski definition) is 4. The summed E-state index contributed by atoms with van der Waals surface area (Å²) in [6.45, 7) is 0. The van der Waals surface area contributed by atoms with Gasteiger partial charge in [0.15, 0.2) is 0 Å². The maximum Gasteiger partial charge on any atom is 0.335 e. The number of hydrogen-bond donors (Lipinski definition) is 2. The Morgan fingerprint density at radius 2 is 2.33 bits per heavy atom. The second kappa shape index (κ2) is 3.39. The molecule has 0 atom stereocenters. The van der Waals surface area contributed by atoms with Crippen molar-refractivity contribution in [2.75, 3.05) is 0 Å². The second-order valence-electron chi connectivity index (χ2n) is 3.06. The molecule has 1 aromatic heterocycles. The molecule has 0 fully saturated rings. The zero-order chi connectivity index (χ0) is 11.0. The minimum atomic E-state index is -0.931. The van der Waals surface area contributed by atoms with Crippen LogP contribution in [0.2, 0.25) is 0 Å². The van der Waals surface area contributed by atoms with Crippen molar-refractivity contribution in [3.63, 3.8) is 0 Å². The molecule has 0 bridgehead atoms. The molecule has 0 aliphatic rings. The van der Waals surface area contributed by atoms with Crippen LogP contribution in [0.25, 0.3) is 10.2 Å². The lowest BCUT2D eigenvalue weighted by atomic mass is 10.2. The van der Waals surface area contributed by atoms with Crippen LogP contribution >= 0.6 is 11.3 Å². The van der Waals surface area contributed by atoms with Crippen molar-refractivity contribution in [1.29, 1.82) is 0 Å². The van der Waals surface area contributed by atoms with Gasteiger partial charge in [-0.25, -0.2) is 4.79 Å². The van der Waals surface area contributed by atoms with Crippen molar-refractivity contribution < 1.29 is 9.90 Å². The number of aromatic nitrogens is 1. The highest BCUT2D eigenvalue weighted by Crippen LogP contribution is 2.18. The molecule has 0 radical (unpaired) electrons. The summed E-state index contributed by atoms with van der Waals surface area (Å²) in [6, 6.07) is 4.94. The largest absolute Gasteiger partial charge is 0.478 e. The van der Waals surface area contributed by atoms with Gasteiger partial charge < -0.3 is 15.5 Å². The highest BCUT2D eigenvalue weighted by molar-refractivity contribution is 7.16. The van der Waals surface area contributed by atoms with Gasteiger partial charge >= 0.3 is 5.97 Å². The number of rotatable bonds is 1. The number of nitrogens with zero attached hydrogens (tertiary/aromatic N) is 2. The summed E-state index contributed by atoms with van der Waals surface area (Å²) in [5, 5.41) is 12.4. The topological polar surface area (TPSA) is 80.6 Å². The SMILES string of the molecule is Cn1c(=NN)sc2cc(C(=O)O)ccc21. The number of benzene rings is 1. The van der Waals surface area contributed by atoms with Crippen molar-refractivity contribution in [3.05, 3.63) is 28.6 Å². The fraction of sp³-hybridized carbons (Fsp3) is 0.111. The van der Waals surface area contributed by atoms with Crippen LogP contribution in [0.4, 0.5) is 0 Å². The molecular formula is C9H9N3O2S. The molecule has 0 aliphatic heterocycles. The normalized spacial score (nSPS) is 12.2. The van der Waals surface area contributed by atoms with Gasteiger partial charge in [0.25, 0.3) is 0 Å². The molecule has 15 heavy (non-hydrogen) atoms. The lowest BCUT2D eigenvalue weighted by Crippen LogP contribution is -2.12. The first kappa shape index (κ1) is 9.72. The third-order valence-electron chi connectivity index (χ3n) is 2.17. The number of aryl methyl sites for hydroxylation is 1. The first-order valence-electron chi connectivity index (χ1n) is 4.20. The van der Waals surface area contributed by atoms with Gasteiger partial charge in [-0.15, -0.1) is 0 Å². The Morgan fingerprint density at radius 3 is 2.93 bits per heavy atom. The molecule has 2 aromatic rings. The Balaban J connectivity index is 2.79. The van der Waals surface area contributed by atoms with Gasteiger partial charge in [-0.05, 0) is 18.2 Å². The van der Waals surface area contributed by atoms with Gasteiger partial charge in [0.2, 0.25) is 4.80 Å². The molecule has 1 aromatic carbocycles. The highest BCUT2D eigenvalue weighted by atomic mass is 32.1. The van der Waals surface area contributed by atoms with Gasteiger partial charge in [0.05, 0.1) is 15.8 Å². The van der Waals surface area contributed by atoms with Crippen LogP contribution in [0.1, 0.15) is 10.4 Å². The second-order valence-corrected chi connectivity index (χ2v) is 4.07. The average Bonchev–Trinajstić information content (AvgIpc) is 2.55. The first-order valence-corrected chi connectivity index (χ1v) is 5.02. The fourth-order valence-corrected chi connectivity index (χ4v) is 2.37.